The van der Waals surface area contributed by atoms with Crippen LogP contribution in [0.3, 0.4) is 0 Å². The van der Waals surface area contributed by atoms with Gasteiger partial charge in [-0.3, -0.25) is 4.79 Å². The van der Waals surface area contributed by atoms with Crippen LogP contribution >= 0.6 is 15.9 Å². The maximum absolute atomic E-state index is 12.7. The molecule has 0 bridgehead atoms. The van der Waals surface area contributed by atoms with Gasteiger partial charge in [0.2, 0.25) is 0 Å². The SMILES string of the molecule is Cc1noc(C)c1COc1cccc(C(=O)NCC2CCN(c3cccc(Br)c3)C2)c1. The predicted octanol–water partition coefficient (Wildman–Crippen LogP) is 4.89. The van der Waals surface area contributed by atoms with Crippen LogP contribution in [0.5, 0.6) is 5.75 Å². The Kier molecular flexibility index (Phi) is 6.61. The van der Waals surface area contributed by atoms with Crippen molar-refractivity contribution in [1.29, 1.82) is 0 Å². The molecule has 1 unspecified atom stereocenters. The monoisotopic (exact) mass is 483 g/mol. The normalized spacial score (nSPS) is 15.8. The Labute approximate surface area is 190 Å². The van der Waals surface area contributed by atoms with Gasteiger partial charge in [0, 0.05) is 35.4 Å². The molecule has 3 aromatic rings. The molecule has 1 atom stereocenters. The lowest BCUT2D eigenvalue weighted by Gasteiger charge is -2.19. The van der Waals surface area contributed by atoms with Gasteiger partial charge in [0.1, 0.15) is 18.1 Å². The van der Waals surface area contributed by atoms with E-state index in [-0.39, 0.29) is 5.91 Å². The molecular weight excluding hydrogens is 458 g/mol. The number of carbonyl (C=O) groups excluding carboxylic acids is 1. The first-order chi connectivity index (χ1) is 15.0. The number of hydrogen-bond donors (Lipinski definition) is 1. The summed E-state index contributed by atoms with van der Waals surface area (Å²) < 4.78 is 12.1. The number of benzene rings is 2. The fourth-order valence-corrected chi connectivity index (χ4v) is 4.22. The van der Waals surface area contributed by atoms with E-state index in [0.29, 0.717) is 30.4 Å². The Bertz CT molecular complexity index is 1050. The highest BCUT2D eigenvalue weighted by atomic mass is 79.9. The van der Waals surface area contributed by atoms with E-state index in [1.165, 1.54) is 5.69 Å². The fourth-order valence-electron chi connectivity index (χ4n) is 3.84. The van der Waals surface area contributed by atoms with Gasteiger partial charge < -0.3 is 19.5 Å². The molecule has 0 aliphatic carbocycles. The molecule has 7 heteroatoms. The molecule has 31 heavy (non-hydrogen) atoms. The number of nitrogens with one attached hydrogen (secondary N) is 1. The van der Waals surface area contributed by atoms with Gasteiger partial charge in [0.25, 0.3) is 5.91 Å². The van der Waals surface area contributed by atoms with Gasteiger partial charge >= 0.3 is 0 Å². The van der Waals surface area contributed by atoms with Crippen molar-refractivity contribution >= 4 is 27.5 Å². The molecule has 1 aromatic heterocycles. The Balaban J connectivity index is 1.29. The van der Waals surface area contributed by atoms with E-state index in [2.05, 4.69) is 49.5 Å². The predicted molar refractivity (Wildman–Crippen MR) is 124 cm³/mol. The van der Waals surface area contributed by atoms with Gasteiger partial charge in [-0.25, -0.2) is 0 Å². The number of anilines is 1. The Morgan fingerprint density at radius 1 is 1.26 bits per heavy atom. The van der Waals surface area contributed by atoms with Crippen molar-refractivity contribution in [2.75, 3.05) is 24.5 Å². The molecule has 1 fully saturated rings. The lowest BCUT2D eigenvalue weighted by Crippen LogP contribution is -2.31. The summed E-state index contributed by atoms with van der Waals surface area (Å²) in [6.45, 7) is 6.72. The lowest BCUT2D eigenvalue weighted by atomic mass is 10.1. The van der Waals surface area contributed by atoms with E-state index in [0.717, 1.165) is 41.0 Å². The number of hydrogen-bond acceptors (Lipinski definition) is 5. The van der Waals surface area contributed by atoms with E-state index < -0.39 is 0 Å². The summed E-state index contributed by atoms with van der Waals surface area (Å²) in [5, 5.41) is 7.02. The first-order valence-electron chi connectivity index (χ1n) is 10.4. The Morgan fingerprint density at radius 2 is 2.10 bits per heavy atom. The highest BCUT2D eigenvalue weighted by Gasteiger charge is 2.23. The molecule has 0 saturated carbocycles. The number of halogens is 1. The van der Waals surface area contributed by atoms with E-state index in [1.54, 1.807) is 12.1 Å². The topological polar surface area (TPSA) is 67.6 Å². The van der Waals surface area contributed by atoms with Gasteiger partial charge in [-0.05, 0) is 62.6 Å². The van der Waals surface area contributed by atoms with Gasteiger partial charge in [0.15, 0.2) is 0 Å². The lowest BCUT2D eigenvalue weighted by molar-refractivity contribution is 0.0947. The third kappa shape index (κ3) is 5.28. The van der Waals surface area contributed by atoms with E-state index in [9.17, 15) is 4.79 Å². The molecule has 162 valence electrons. The summed E-state index contributed by atoms with van der Waals surface area (Å²) in [5.74, 6) is 1.75. The second kappa shape index (κ2) is 9.56. The highest BCUT2D eigenvalue weighted by Crippen LogP contribution is 2.26. The molecule has 2 aromatic carbocycles. The molecule has 0 spiro atoms. The van der Waals surface area contributed by atoms with Crippen LogP contribution in [0.25, 0.3) is 0 Å². The maximum Gasteiger partial charge on any atom is 0.251 e. The van der Waals surface area contributed by atoms with Crippen molar-refractivity contribution in [3.63, 3.8) is 0 Å². The molecule has 1 amide bonds. The molecule has 1 aliphatic rings. The molecule has 4 rings (SSSR count). The highest BCUT2D eigenvalue weighted by molar-refractivity contribution is 9.10. The summed E-state index contributed by atoms with van der Waals surface area (Å²) >= 11 is 3.53. The van der Waals surface area contributed by atoms with Crippen LogP contribution in [0.2, 0.25) is 0 Å². The summed E-state index contributed by atoms with van der Waals surface area (Å²) in [4.78, 5) is 15.0. The largest absolute Gasteiger partial charge is 0.489 e. The maximum atomic E-state index is 12.7. The average molecular weight is 484 g/mol. The molecule has 6 nitrogen and oxygen atoms in total. The second-order valence-electron chi connectivity index (χ2n) is 7.91. The smallest absolute Gasteiger partial charge is 0.251 e. The molecule has 1 N–H and O–H groups in total. The van der Waals surface area contributed by atoms with Crippen LogP contribution in [-0.4, -0.2) is 30.7 Å². The summed E-state index contributed by atoms with van der Waals surface area (Å²) in [6, 6.07) is 15.6. The minimum absolute atomic E-state index is 0.0799. The number of carbonyl (C=O) groups is 1. The van der Waals surface area contributed by atoms with Crippen molar-refractivity contribution in [3.8, 4) is 5.75 Å². The third-order valence-corrected chi connectivity index (χ3v) is 6.16. The van der Waals surface area contributed by atoms with Crippen LogP contribution in [0, 0.1) is 19.8 Å². The van der Waals surface area contributed by atoms with Crippen molar-refractivity contribution in [2.45, 2.75) is 26.9 Å². The van der Waals surface area contributed by atoms with Crippen LogP contribution in [0.15, 0.2) is 57.5 Å². The molecule has 0 radical (unpaired) electrons. The Hall–Kier alpha value is -2.80. The second-order valence-corrected chi connectivity index (χ2v) is 8.83. The standard InChI is InChI=1S/C24H26BrN3O3/c1-16-23(17(2)31-27-16)15-30-22-8-3-5-19(11-22)24(29)26-13-18-9-10-28(14-18)21-7-4-6-20(25)12-21/h3-8,11-12,18H,9-10,13-15H2,1-2H3,(H,26,29). The van der Waals surface area contributed by atoms with Crippen LogP contribution in [0.4, 0.5) is 5.69 Å². The van der Waals surface area contributed by atoms with Gasteiger partial charge in [-0.1, -0.05) is 33.2 Å². The minimum Gasteiger partial charge on any atom is -0.489 e. The zero-order valence-corrected chi connectivity index (χ0v) is 19.3. The number of ether oxygens (including phenoxy) is 1. The third-order valence-electron chi connectivity index (χ3n) is 5.67. The zero-order chi connectivity index (χ0) is 21.8. The molecule has 1 saturated heterocycles. The van der Waals surface area contributed by atoms with Gasteiger partial charge in [-0.2, -0.15) is 0 Å². The summed E-state index contributed by atoms with van der Waals surface area (Å²) in [6.07, 6.45) is 1.06. The first-order valence-corrected chi connectivity index (χ1v) is 11.2. The molecule has 2 heterocycles. The van der Waals surface area contributed by atoms with E-state index in [1.807, 2.05) is 32.0 Å². The molecular formula is C24H26BrN3O3. The van der Waals surface area contributed by atoms with Crippen molar-refractivity contribution < 1.29 is 14.1 Å². The van der Waals surface area contributed by atoms with Crippen LogP contribution in [0.1, 0.15) is 33.8 Å². The fraction of sp³-hybridized carbons (Fsp3) is 0.333. The van der Waals surface area contributed by atoms with Crippen LogP contribution < -0.4 is 15.0 Å². The number of aryl methyl sites for hydroxylation is 2. The quantitative estimate of drug-likeness (QED) is 0.518. The van der Waals surface area contributed by atoms with E-state index >= 15 is 0 Å². The van der Waals surface area contributed by atoms with Crippen molar-refractivity contribution in [2.24, 2.45) is 5.92 Å². The first kappa shape index (κ1) is 21.4. The van der Waals surface area contributed by atoms with Crippen molar-refractivity contribution in [3.05, 3.63) is 75.6 Å². The zero-order valence-electron chi connectivity index (χ0n) is 17.7. The Morgan fingerprint density at radius 3 is 2.87 bits per heavy atom. The molecule has 1 aliphatic heterocycles. The number of aromatic nitrogens is 1. The summed E-state index contributed by atoms with van der Waals surface area (Å²) in [5.41, 5.74) is 3.57. The van der Waals surface area contributed by atoms with Crippen LogP contribution in [-0.2, 0) is 6.61 Å². The average Bonchev–Trinajstić information content (AvgIpc) is 3.37. The van der Waals surface area contributed by atoms with Gasteiger partial charge in [-0.15, -0.1) is 0 Å². The number of rotatable bonds is 7. The minimum atomic E-state index is -0.0799. The van der Waals surface area contributed by atoms with Crippen molar-refractivity contribution in [1.82, 2.24) is 10.5 Å². The number of amides is 1. The number of nitrogens with zero attached hydrogens (tertiary/aromatic N) is 2. The van der Waals surface area contributed by atoms with Gasteiger partial charge in [0.05, 0.1) is 11.3 Å². The van der Waals surface area contributed by atoms with E-state index in [4.69, 9.17) is 9.26 Å². The summed E-state index contributed by atoms with van der Waals surface area (Å²) in [7, 11) is 0.